The molecule has 0 aliphatic carbocycles. The Balaban J connectivity index is 1.72. The first kappa shape index (κ1) is 23.4. The average molecular weight is 484 g/mol. The van der Waals surface area contributed by atoms with Crippen molar-refractivity contribution < 1.29 is 17.6 Å². The van der Waals surface area contributed by atoms with Crippen molar-refractivity contribution in [1.82, 2.24) is 19.5 Å². The second-order valence-corrected chi connectivity index (χ2v) is 7.41. The molecule has 0 radical (unpaired) electrons. The van der Waals surface area contributed by atoms with Crippen LogP contribution in [0.1, 0.15) is 17.8 Å². The molecule has 4 rings (SSSR count). The van der Waals surface area contributed by atoms with Crippen LogP contribution in [0.25, 0.3) is 16.6 Å². The minimum Gasteiger partial charge on any atom is -0.382 e. The van der Waals surface area contributed by atoms with Gasteiger partial charge in [0.2, 0.25) is 5.95 Å². The summed E-state index contributed by atoms with van der Waals surface area (Å²) in [5.41, 5.74) is 9.73. The molecule has 2 aromatic carbocycles. The van der Waals surface area contributed by atoms with E-state index in [1.807, 2.05) is 6.07 Å². The highest BCUT2D eigenvalue weighted by Gasteiger charge is 2.18. The second-order valence-electron chi connectivity index (χ2n) is 7.41. The Hall–Kier alpha value is -4.73. The fourth-order valence-corrected chi connectivity index (χ4v) is 3.55. The van der Waals surface area contributed by atoms with E-state index in [0.29, 0.717) is 12.1 Å². The number of hydrogen-bond acceptors (Lipinski definition) is 8. The largest absolute Gasteiger partial charge is 0.382 e. The Labute approximate surface area is 194 Å². The summed E-state index contributed by atoms with van der Waals surface area (Å²) < 4.78 is 56.8. The summed E-state index contributed by atoms with van der Waals surface area (Å²) in [5, 5.41) is 11.7. The number of anilines is 3. The van der Waals surface area contributed by atoms with Gasteiger partial charge in [0.15, 0.2) is 11.6 Å². The third-order valence-corrected chi connectivity index (χ3v) is 5.00. The lowest BCUT2D eigenvalue weighted by atomic mass is 10.2. The summed E-state index contributed by atoms with van der Waals surface area (Å²) >= 11 is 0. The van der Waals surface area contributed by atoms with Crippen molar-refractivity contribution in [3.63, 3.8) is 0 Å². The van der Waals surface area contributed by atoms with Crippen LogP contribution >= 0.6 is 0 Å². The van der Waals surface area contributed by atoms with Crippen molar-refractivity contribution in [3.8, 4) is 11.8 Å². The standard InChI is InChI=1S/C22H16F4N8O/c23-10-4-11(24)6-13(5-10)34-17(31-18-14(21(34)35)7-12(25)8-16(18)26)2-1-3-30-20-15(9-27)19(28)32-22(29)33-20/h4-8H,1-3H2,(H5,28,29,30,32,33). The molecular formula is C22H16F4N8O. The Morgan fingerprint density at radius 3 is 2.34 bits per heavy atom. The van der Waals surface area contributed by atoms with E-state index in [0.717, 1.165) is 22.8 Å². The van der Waals surface area contributed by atoms with Gasteiger partial charge in [-0.05, 0) is 24.6 Å². The van der Waals surface area contributed by atoms with Gasteiger partial charge in [-0.15, -0.1) is 0 Å². The monoisotopic (exact) mass is 484 g/mol. The molecule has 0 saturated heterocycles. The summed E-state index contributed by atoms with van der Waals surface area (Å²) in [6.45, 7) is 0.169. The average Bonchev–Trinajstić information content (AvgIpc) is 2.76. The normalized spacial score (nSPS) is 10.9. The lowest BCUT2D eigenvalue weighted by Crippen LogP contribution is -2.25. The molecular weight excluding hydrogens is 468 g/mol. The van der Waals surface area contributed by atoms with Crippen molar-refractivity contribution >= 4 is 28.5 Å². The number of aryl methyl sites for hydroxylation is 1. The number of nitriles is 1. The highest BCUT2D eigenvalue weighted by molar-refractivity contribution is 5.78. The first-order valence-corrected chi connectivity index (χ1v) is 10.1. The van der Waals surface area contributed by atoms with Crippen molar-refractivity contribution in [2.24, 2.45) is 0 Å². The first-order valence-electron chi connectivity index (χ1n) is 10.1. The van der Waals surface area contributed by atoms with Gasteiger partial charge in [-0.1, -0.05) is 0 Å². The first-order chi connectivity index (χ1) is 16.7. The molecule has 0 aliphatic rings. The van der Waals surface area contributed by atoms with E-state index < -0.39 is 28.8 Å². The van der Waals surface area contributed by atoms with E-state index in [-0.39, 0.29) is 64.9 Å². The maximum atomic E-state index is 14.4. The van der Waals surface area contributed by atoms with Crippen LogP contribution in [0.4, 0.5) is 35.1 Å². The van der Waals surface area contributed by atoms with Crippen LogP contribution in [0.3, 0.4) is 0 Å². The summed E-state index contributed by atoms with van der Waals surface area (Å²) in [7, 11) is 0. The predicted molar refractivity (Wildman–Crippen MR) is 120 cm³/mol. The van der Waals surface area contributed by atoms with Gasteiger partial charge in [-0.3, -0.25) is 9.36 Å². The van der Waals surface area contributed by atoms with Gasteiger partial charge in [0, 0.05) is 25.1 Å². The zero-order valence-corrected chi connectivity index (χ0v) is 17.8. The number of nitrogen functional groups attached to an aromatic ring is 2. The molecule has 13 heteroatoms. The molecule has 0 saturated carbocycles. The van der Waals surface area contributed by atoms with E-state index in [4.69, 9.17) is 11.5 Å². The molecule has 0 atom stereocenters. The van der Waals surface area contributed by atoms with Gasteiger partial charge >= 0.3 is 0 Å². The molecule has 0 fully saturated rings. The van der Waals surface area contributed by atoms with Gasteiger partial charge in [0.1, 0.15) is 46.2 Å². The lowest BCUT2D eigenvalue weighted by molar-refractivity contribution is 0.578. The number of nitrogens with two attached hydrogens (primary N) is 2. The Morgan fingerprint density at radius 1 is 0.971 bits per heavy atom. The SMILES string of the molecule is N#Cc1c(N)nc(N)nc1NCCCc1nc2c(F)cc(F)cc2c(=O)n1-c1cc(F)cc(F)c1. The Kier molecular flexibility index (Phi) is 6.20. The summed E-state index contributed by atoms with van der Waals surface area (Å²) in [6, 6.07) is 5.68. The third kappa shape index (κ3) is 4.67. The minimum absolute atomic E-state index is 0.0146. The highest BCUT2D eigenvalue weighted by atomic mass is 19.1. The number of nitrogens with one attached hydrogen (secondary N) is 1. The number of fused-ring (bicyclic) bond motifs is 1. The molecule has 0 unspecified atom stereocenters. The highest BCUT2D eigenvalue weighted by Crippen LogP contribution is 2.21. The molecule has 0 aliphatic heterocycles. The van der Waals surface area contributed by atoms with Crippen molar-refractivity contribution in [1.29, 1.82) is 5.26 Å². The second kappa shape index (κ2) is 9.26. The molecule has 0 bridgehead atoms. The quantitative estimate of drug-likeness (QED) is 0.279. The number of hydrogen-bond donors (Lipinski definition) is 3. The van der Waals surface area contributed by atoms with Crippen molar-refractivity contribution in [2.45, 2.75) is 12.8 Å². The van der Waals surface area contributed by atoms with Crippen molar-refractivity contribution in [2.75, 3.05) is 23.3 Å². The molecule has 0 spiro atoms. The molecule has 0 amide bonds. The van der Waals surface area contributed by atoms with E-state index in [1.54, 1.807) is 0 Å². The van der Waals surface area contributed by atoms with E-state index in [1.165, 1.54) is 0 Å². The van der Waals surface area contributed by atoms with E-state index >= 15 is 0 Å². The van der Waals surface area contributed by atoms with Crippen LogP contribution in [-0.2, 0) is 6.42 Å². The fraction of sp³-hybridized carbons (Fsp3) is 0.136. The smallest absolute Gasteiger partial charge is 0.266 e. The van der Waals surface area contributed by atoms with Gasteiger partial charge in [-0.25, -0.2) is 22.5 Å². The van der Waals surface area contributed by atoms with Crippen LogP contribution in [-0.4, -0.2) is 26.1 Å². The Morgan fingerprint density at radius 2 is 1.66 bits per heavy atom. The Bertz CT molecular complexity index is 1540. The number of nitrogens with zero attached hydrogens (tertiary/aromatic N) is 5. The summed E-state index contributed by atoms with van der Waals surface area (Å²) in [5.74, 6) is -4.15. The molecule has 2 aromatic heterocycles. The van der Waals surface area contributed by atoms with Gasteiger partial charge in [-0.2, -0.15) is 15.2 Å². The zero-order valence-electron chi connectivity index (χ0n) is 17.8. The van der Waals surface area contributed by atoms with Crippen LogP contribution < -0.4 is 22.3 Å². The minimum atomic E-state index is -1.06. The lowest BCUT2D eigenvalue weighted by Gasteiger charge is -2.15. The van der Waals surface area contributed by atoms with E-state index in [9.17, 15) is 27.6 Å². The molecule has 35 heavy (non-hydrogen) atoms. The van der Waals surface area contributed by atoms with Gasteiger partial charge < -0.3 is 16.8 Å². The van der Waals surface area contributed by atoms with Crippen molar-refractivity contribution in [3.05, 3.63) is 75.3 Å². The number of halogens is 4. The van der Waals surface area contributed by atoms with Crippen LogP contribution in [0.15, 0.2) is 35.1 Å². The predicted octanol–water partition coefficient (Wildman–Crippen LogP) is 2.81. The molecule has 2 heterocycles. The number of benzene rings is 2. The van der Waals surface area contributed by atoms with Gasteiger partial charge in [0.05, 0.1) is 11.1 Å². The maximum absolute atomic E-state index is 14.4. The zero-order chi connectivity index (χ0) is 25.3. The van der Waals surface area contributed by atoms with Gasteiger partial charge in [0.25, 0.3) is 5.56 Å². The summed E-state index contributed by atoms with van der Waals surface area (Å²) in [6.07, 6.45) is 0.262. The third-order valence-electron chi connectivity index (χ3n) is 5.00. The van der Waals surface area contributed by atoms with Crippen LogP contribution in [0, 0.1) is 34.6 Å². The molecule has 178 valence electrons. The van der Waals surface area contributed by atoms with E-state index in [2.05, 4.69) is 20.3 Å². The number of aromatic nitrogens is 4. The molecule has 9 nitrogen and oxygen atoms in total. The maximum Gasteiger partial charge on any atom is 0.266 e. The van der Waals surface area contributed by atoms with Crippen LogP contribution in [0.5, 0.6) is 0 Å². The van der Waals surface area contributed by atoms with Crippen LogP contribution in [0.2, 0.25) is 0 Å². The summed E-state index contributed by atoms with van der Waals surface area (Å²) in [4.78, 5) is 24.9. The molecule has 5 N–H and O–H groups in total. The number of rotatable bonds is 6. The fourth-order valence-electron chi connectivity index (χ4n) is 3.55. The molecule has 4 aromatic rings. The topological polar surface area (TPSA) is 149 Å².